The van der Waals surface area contributed by atoms with Gasteiger partial charge in [-0.25, -0.2) is 27.0 Å². The van der Waals surface area contributed by atoms with Crippen LogP contribution in [0.1, 0.15) is 107 Å². The van der Waals surface area contributed by atoms with E-state index in [1.54, 1.807) is 49.5 Å². The summed E-state index contributed by atoms with van der Waals surface area (Å²) in [6.45, 7) is 11.5. The molecule has 4 amide bonds. The van der Waals surface area contributed by atoms with Crippen molar-refractivity contribution < 1.29 is 55.7 Å². The van der Waals surface area contributed by atoms with Crippen LogP contribution in [0.2, 0.25) is 0 Å². The maximum absolute atomic E-state index is 15.7. The van der Waals surface area contributed by atoms with Crippen LogP contribution >= 0.6 is 0 Å². The molecule has 0 radical (unpaired) electrons. The molecule has 2 aliphatic heterocycles. The van der Waals surface area contributed by atoms with Crippen molar-refractivity contribution in [3.05, 3.63) is 54.7 Å². The summed E-state index contributed by atoms with van der Waals surface area (Å²) >= 11 is 0. The quantitative estimate of drug-likeness (QED) is 0.142. The second-order valence-electron chi connectivity index (χ2n) is 20.1. The van der Waals surface area contributed by atoms with Crippen LogP contribution in [0, 0.1) is 17.8 Å². The molecule has 2 saturated carbocycles. The zero-order valence-electron chi connectivity index (χ0n) is 40.2. The average Bonchev–Trinajstić information content (AvgIpc) is 4.15. The number of pyridine rings is 2. The monoisotopic (exact) mass is 966 g/mol. The number of carboxylic acid groups (broad SMARTS) is 1. The van der Waals surface area contributed by atoms with Gasteiger partial charge in [-0.05, 0) is 127 Å². The SMILES string of the molecule is CC[C@@H]1C[C@H](C)CC/C=C\[C@@H]2C[C@@]2(C(=O)NS(=O)(=O)C2(C)CC2)NC(=O)[C@@H]2C[C@@H](Oc3nc(-c4ccc(OC(C)C)cn4)cc4cc(OC)ccc34)CN2C(=O)[C@H]1N(C(=O)O)C(C)(C)C(C)(F)F. The van der Waals surface area contributed by atoms with Crippen molar-refractivity contribution in [3.63, 3.8) is 0 Å². The predicted molar refractivity (Wildman–Crippen MR) is 250 cm³/mol. The van der Waals surface area contributed by atoms with Crippen LogP contribution in [0.4, 0.5) is 13.6 Å². The van der Waals surface area contributed by atoms with Crippen LogP contribution in [-0.2, 0) is 24.4 Å². The number of methoxy groups -OCH3 is 1. The normalized spacial score (nSPS) is 26.9. The number of sulfonamides is 1. The lowest BCUT2D eigenvalue weighted by Gasteiger charge is -2.47. The first-order valence-corrected chi connectivity index (χ1v) is 24.9. The highest BCUT2D eigenvalue weighted by Crippen LogP contribution is 2.48. The number of nitrogens with one attached hydrogen (secondary N) is 2. The molecule has 19 heteroatoms. The zero-order valence-corrected chi connectivity index (χ0v) is 41.0. The van der Waals surface area contributed by atoms with Gasteiger partial charge in [0.1, 0.15) is 40.8 Å². The molecule has 16 nitrogen and oxygen atoms in total. The van der Waals surface area contributed by atoms with Crippen molar-refractivity contribution in [3.8, 4) is 28.8 Å². The molecule has 4 heterocycles. The third kappa shape index (κ3) is 9.95. The summed E-state index contributed by atoms with van der Waals surface area (Å²) in [6.07, 6.45) is 4.61. The van der Waals surface area contributed by atoms with Gasteiger partial charge in [-0.3, -0.25) is 29.0 Å². The van der Waals surface area contributed by atoms with Gasteiger partial charge in [-0.2, -0.15) is 0 Å². The van der Waals surface area contributed by atoms with Gasteiger partial charge >= 0.3 is 6.09 Å². The summed E-state index contributed by atoms with van der Waals surface area (Å²) in [5.41, 5.74) is -3.22. The summed E-state index contributed by atoms with van der Waals surface area (Å²) < 4.78 is 77.2. The van der Waals surface area contributed by atoms with E-state index in [2.05, 4.69) is 15.0 Å². The summed E-state index contributed by atoms with van der Waals surface area (Å²) in [5, 5.41) is 14.9. The fourth-order valence-corrected chi connectivity index (χ4v) is 10.7. The van der Waals surface area contributed by atoms with E-state index >= 15 is 13.6 Å². The molecule has 0 bridgehead atoms. The summed E-state index contributed by atoms with van der Waals surface area (Å²) in [4.78, 5) is 69.3. The van der Waals surface area contributed by atoms with Gasteiger partial charge in [-0.15, -0.1) is 0 Å². The molecular weight excluding hydrogens is 903 g/mol. The van der Waals surface area contributed by atoms with E-state index in [1.165, 1.54) is 18.9 Å². The van der Waals surface area contributed by atoms with Crippen molar-refractivity contribution in [1.82, 2.24) is 29.8 Å². The van der Waals surface area contributed by atoms with Crippen LogP contribution in [-0.4, -0.2) is 117 Å². The molecule has 1 aromatic carbocycles. The van der Waals surface area contributed by atoms with E-state index in [4.69, 9.17) is 19.2 Å². The van der Waals surface area contributed by atoms with E-state index in [-0.39, 0.29) is 50.1 Å². The van der Waals surface area contributed by atoms with E-state index < -0.39 is 85.6 Å². The van der Waals surface area contributed by atoms with E-state index in [0.717, 1.165) is 13.8 Å². The molecule has 2 aliphatic carbocycles. The van der Waals surface area contributed by atoms with Crippen LogP contribution in [0.3, 0.4) is 0 Å². The van der Waals surface area contributed by atoms with Crippen LogP contribution in [0.25, 0.3) is 22.2 Å². The molecule has 1 saturated heterocycles. The van der Waals surface area contributed by atoms with Crippen LogP contribution in [0.5, 0.6) is 17.4 Å². The number of hydrogen-bond acceptors (Lipinski definition) is 11. The number of alkyl halides is 2. The molecule has 2 aromatic heterocycles. The topological polar surface area (TPSA) is 207 Å². The number of allylic oxidation sites excluding steroid dienone is 1. The van der Waals surface area contributed by atoms with Gasteiger partial charge in [0.05, 0.1) is 42.1 Å². The van der Waals surface area contributed by atoms with Crippen molar-refractivity contribution in [2.45, 2.75) is 153 Å². The fraction of sp³-hybridized carbons (Fsp3) is 0.592. The lowest BCUT2D eigenvalue weighted by Crippen LogP contribution is -2.67. The molecule has 7 atom stereocenters. The molecule has 0 unspecified atom stereocenters. The highest BCUT2D eigenvalue weighted by Gasteiger charge is 2.63. The standard InChI is InChI=1S/C49H64F2N6O10S/c1-10-30-21-29(4)13-11-12-14-32-25-49(32,44(60)55-68(63,64)47(7)19-20-47)54-41(58)39-24-35(27-56(39)43(59)40(30)57(45(61)62)46(5,6)48(8,50)51)67-42-36-17-15-33(65-9)22-31(36)23-38(53-42)37-18-16-34(26-52-37)66-28(2)3/h12,14-18,22-23,26,28-30,32,35,39-40H,10-11,13,19-21,24-25,27H2,1-9H3,(H,54,58)(H,55,60)(H,61,62)/b14-12-/t29-,30-,32-,35-,39+,40+,49-/m1/s1. The Morgan fingerprint density at radius 2 is 1.78 bits per heavy atom. The Hall–Kier alpha value is -5.59. The Morgan fingerprint density at radius 3 is 2.38 bits per heavy atom. The van der Waals surface area contributed by atoms with Gasteiger partial charge in [0.25, 0.3) is 11.8 Å². The molecule has 68 heavy (non-hydrogen) atoms. The Labute approximate surface area is 396 Å². The highest BCUT2D eigenvalue weighted by molar-refractivity contribution is 7.91. The number of amides is 4. The number of halogens is 2. The minimum atomic E-state index is -4.13. The first-order chi connectivity index (χ1) is 31.8. The molecule has 4 aliphatic rings. The molecule has 0 spiro atoms. The summed E-state index contributed by atoms with van der Waals surface area (Å²) in [7, 11) is -2.60. The summed E-state index contributed by atoms with van der Waals surface area (Å²) in [6, 6.07) is 7.45. The number of ether oxygens (including phenoxy) is 3. The van der Waals surface area contributed by atoms with Crippen molar-refractivity contribution >= 4 is 44.6 Å². The molecule has 7 rings (SSSR count). The summed E-state index contributed by atoms with van der Waals surface area (Å²) in [5.74, 6) is -6.52. The van der Waals surface area contributed by atoms with Crippen molar-refractivity contribution in [1.29, 1.82) is 0 Å². The number of carbonyl (C=O) groups is 4. The second-order valence-corrected chi connectivity index (χ2v) is 22.3. The largest absolute Gasteiger partial charge is 0.497 e. The van der Waals surface area contributed by atoms with Gasteiger partial charge in [0.2, 0.25) is 27.7 Å². The first kappa shape index (κ1) is 50.3. The van der Waals surface area contributed by atoms with Crippen LogP contribution in [0.15, 0.2) is 54.7 Å². The zero-order chi connectivity index (χ0) is 49.7. The lowest BCUT2D eigenvalue weighted by atomic mass is 9.81. The van der Waals surface area contributed by atoms with Crippen LogP contribution < -0.4 is 24.2 Å². The number of hydrogen-bond donors (Lipinski definition) is 3. The molecule has 370 valence electrons. The van der Waals surface area contributed by atoms with Gasteiger partial charge in [0, 0.05) is 24.6 Å². The van der Waals surface area contributed by atoms with E-state index in [1.807, 2.05) is 32.9 Å². The number of benzene rings is 1. The van der Waals surface area contributed by atoms with Gasteiger partial charge in [-0.1, -0.05) is 32.4 Å². The molecular formula is C49H64F2N6O10S. The molecule has 3 aromatic rings. The number of rotatable bonds is 13. The number of aromatic nitrogens is 2. The fourth-order valence-electron chi connectivity index (χ4n) is 9.43. The van der Waals surface area contributed by atoms with E-state index in [0.29, 0.717) is 71.2 Å². The Bertz CT molecular complexity index is 2570. The Morgan fingerprint density at radius 1 is 1.07 bits per heavy atom. The molecule has 3 N–H and O–H groups in total. The Kier molecular flexibility index (Phi) is 13.8. The minimum Gasteiger partial charge on any atom is -0.497 e. The third-order valence-electron chi connectivity index (χ3n) is 14.4. The smallest absolute Gasteiger partial charge is 0.408 e. The number of nitrogens with zero attached hydrogens (tertiary/aromatic N) is 4. The third-order valence-corrected chi connectivity index (χ3v) is 16.5. The highest BCUT2D eigenvalue weighted by atomic mass is 32.2. The Balaban J connectivity index is 1.33. The second kappa shape index (κ2) is 18.7. The predicted octanol–water partition coefficient (Wildman–Crippen LogP) is 7.50. The van der Waals surface area contributed by atoms with Crippen molar-refractivity contribution in [2.75, 3.05) is 13.7 Å². The van der Waals surface area contributed by atoms with Crippen molar-refractivity contribution in [2.24, 2.45) is 17.8 Å². The van der Waals surface area contributed by atoms with Gasteiger partial charge in [0.15, 0.2) is 0 Å². The average molecular weight is 967 g/mol. The van der Waals surface area contributed by atoms with E-state index in [9.17, 15) is 27.9 Å². The lowest BCUT2D eigenvalue weighted by molar-refractivity contribution is -0.157. The first-order valence-electron chi connectivity index (χ1n) is 23.4. The minimum absolute atomic E-state index is 0.0708. The molecule has 3 fully saturated rings. The number of carbonyl (C=O) groups excluding carboxylic acids is 3. The number of fused-ring (bicyclic) bond motifs is 3. The van der Waals surface area contributed by atoms with Gasteiger partial charge < -0.3 is 29.5 Å². The maximum atomic E-state index is 15.7. The maximum Gasteiger partial charge on any atom is 0.408 e.